The number of sulfonamides is 1. The van der Waals surface area contributed by atoms with Gasteiger partial charge in [0, 0.05) is 12.6 Å². The largest absolute Gasteiger partial charge is 0.447 e. The summed E-state index contributed by atoms with van der Waals surface area (Å²) in [5, 5.41) is 3.21. The van der Waals surface area contributed by atoms with Crippen molar-refractivity contribution < 1.29 is 12.8 Å². The number of nitrogens with one attached hydrogen (secondary N) is 2. The zero-order valence-electron chi connectivity index (χ0n) is 12.9. The van der Waals surface area contributed by atoms with E-state index in [4.69, 9.17) is 4.42 Å². The summed E-state index contributed by atoms with van der Waals surface area (Å²) >= 11 is 0. The summed E-state index contributed by atoms with van der Waals surface area (Å²) in [5.74, 6) is 1.10. The summed E-state index contributed by atoms with van der Waals surface area (Å²) in [6.07, 6.45) is 5.92. The number of hydrogen-bond acceptors (Lipinski definition) is 4. The predicted octanol–water partition coefficient (Wildman–Crippen LogP) is 2.64. The molecule has 0 saturated heterocycles. The Kier molecular flexibility index (Phi) is 5.84. The van der Waals surface area contributed by atoms with Crippen LogP contribution in [0.5, 0.6) is 0 Å². The van der Waals surface area contributed by atoms with Gasteiger partial charge in [-0.05, 0) is 30.9 Å². The fourth-order valence-electron chi connectivity index (χ4n) is 2.59. The maximum atomic E-state index is 12.2. The Hall–Kier alpha value is -0.850. The highest BCUT2D eigenvalue weighted by molar-refractivity contribution is 7.89. The van der Waals surface area contributed by atoms with Gasteiger partial charge in [-0.25, -0.2) is 13.1 Å². The van der Waals surface area contributed by atoms with E-state index < -0.39 is 10.0 Å². The summed E-state index contributed by atoms with van der Waals surface area (Å²) in [6, 6.07) is 3.57. The second-order valence-corrected chi connectivity index (χ2v) is 7.81. The van der Waals surface area contributed by atoms with E-state index in [1.807, 2.05) is 13.8 Å². The van der Waals surface area contributed by atoms with Crippen LogP contribution in [0, 0.1) is 5.92 Å². The minimum Gasteiger partial charge on any atom is -0.447 e. The lowest BCUT2D eigenvalue weighted by molar-refractivity contribution is 0.353. The summed E-state index contributed by atoms with van der Waals surface area (Å²) in [5.41, 5.74) is 0. The third-order valence-electron chi connectivity index (χ3n) is 3.87. The summed E-state index contributed by atoms with van der Waals surface area (Å²) in [6.45, 7) is 5.12. The molecule has 1 saturated carbocycles. The molecule has 2 N–H and O–H groups in total. The van der Waals surface area contributed by atoms with Crippen LogP contribution in [0.4, 0.5) is 0 Å². The van der Waals surface area contributed by atoms with Crippen LogP contribution < -0.4 is 10.0 Å². The fourth-order valence-corrected chi connectivity index (χ4v) is 3.65. The molecule has 1 aromatic rings. The Labute approximate surface area is 127 Å². The van der Waals surface area contributed by atoms with Crippen molar-refractivity contribution in [2.24, 2.45) is 5.92 Å². The highest BCUT2D eigenvalue weighted by atomic mass is 32.2. The molecule has 5 nitrogen and oxygen atoms in total. The second-order valence-electron chi connectivity index (χ2n) is 6.11. The lowest BCUT2D eigenvalue weighted by atomic mass is 9.90. The molecule has 6 heteroatoms. The van der Waals surface area contributed by atoms with Crippen molar-refractivity contribution in [2.75, 3.05) is 6.54 Å². The number of furan rings is 1. The Morgan fingerprint density at radius 1 is 1.24 bits per heavy atom. The zero-order chi connectivity index (χ0) is 15.3. The third-order valence-corrected chi connectivity index (χ3v) is 5.17. The van der Waals surface area contributed by atoms with Crippen LogP contribution in [0.15, 0.2) is 21.6 Å². The van der Waals surface area contributed by atoms with E-state index in [0.29, 0.717) is 30.8 Å². The van der Waals surface area contributed by atoms with Gasteiger partial charge in [-0.15, -0.1) is 0 Å². The molecule has 0 aliphatic heterocycles. The van der Waals surface area contributed by atoms with Gasteiger partial charge >= 0.3 is 0 Å². The van der Waals surface area contributed by atoms with Crippen LogP contribution in [-0.2, 0) is 16.6 Å². The lowest BCUT2D eigenvalue weighted by Gasteiger charge is -2.21. The minimum atomic E-state index is -3.52. The van der Waals surface area contributed by atoms with Crippen molar-refractivity contribution in [3.63, 3.8) is 0 Å². The first-order chi connectivity index (χ1) is 9.97. The molecule has 0 spiro atoms. The van der Waals surface area contributed by atoms with Crippen LogP contribution in [0.1, 0.15) is 51.7 Å². The van der Waals surface area contributed by atoms with Crippen LogP contribution in [-0.4, -0.2) is 21.0 Å². The molecule has 1 aliphatic carbocycles. The van der Waals surface area contributed by atoms with Gasteiger partial charge in [0.25, 0.3) is 10.0 Å². The molecule has 0 radical (unpaired) electrons. The van der Waals surface area contributed by atoms with Gasteiger partial charge in [0.2, 0.25) is 5.09 Å². The summed E-state index contributed by atoms with van der Waals surface area (Å²) < 4.78 is 32.5. The maximum absolute atomic E-state index is 12.2. The molecule has 21 heavy (non-hydrogen) atoms. The Balaban J connectivity index is 1.89. The smallest absolute Gasteiger partial charge is 0.273 e. The van der Waals surface area contributed by atoms with E-state index >= 15 is 0 Å². The topological polar surface area (TPSA) is 71.3 Å². The fraction of sp³-hybridized carbons (Fsp3) is 0.733. The minimum absolute atomic E-state index is 0.0128. The first-order valence-corrected chi connectivity index (χ1v) is 9.27. The van der Waals surface area contributed by atoms with Crippen molar-refractivity contribution in [1.29, 1.82) is 0 Å². The molecule has 1 aromatic heterocycles. The van der Waals surface area contributed by atoms with Gasteiger partial charge in [-0.1, -0.05) is 33.1 Å². The Morgan fingerprint density at radius 2 is 1.95 bits per heavy atom. The van der Waals surface area contributed by atoms with Gasteiger partial charge in [0.15, 0.2) is 0 Å². The van der Waals surface area contributed by atoms with E-state index in [-0.39, 0.29) is 5.09 Å². The van der Waals surface area contributed by atoms with E-state index in [0.717, 1.165) is 12.8 Å². The van der Waals surface area contributed by atoms with Gasteiger partial charge in [0.1, 0.15) is 5.76 Å². The lowest BCUT2D eigenvalue weighted by Crippen LogP contribution is -2.30. The first kappa shape index (κ1) is 16.5. The molecular formula is C15H26N2O3S. The van der Waals surface area contributed by atoms with Crippen molar-refractivity contribution in [2.45, 2.75) is 63.6 Å². The SMILES string of the molecule is CC(C)NCc1ccc(S(=O)(=O)NCC2CCCCC2)o1. The molecule has 0 amide bonds. The first-order valence-electron chi connectivity index (χ1n) is 7.79. The van der Waals surface area contributed by atoms with Crippen molar-refractivity contribution >= 4 is 10.0 Å². The van der Waals surface area contributed by atoms with E-state index in [9.17, 15) is 8.42 Å². The van der Waals surface area contributed by atoms with Crippen LogP contribution in [0.25, 0.3) is 0 Å². The van der Waals surface area contributed by atoms with Crippen LogP contribution >= 0.6 is 0 Å². The van der Waals surface area contributed by atoms with Crippen LogP contribution in [0.2, 0.25) is 0 Å². The summed E-state index contributed by atoms with van der Waals surface area (Å²) in [7, 11) is -3.52. The Bertz CT molecular complexity index is 531. The second kappa shape index (κ2) is 7.42. The molecule has 1 aliphatic rings. The monoisotopic (exact) mass is 314 g/mol. The predicted molar refractivity (Wildman–Crippen MR) is 82.4 cm³/mol. The quantitative estimate of drug-likeness (QED) is 0.811. The molecule has 0 aromatic carbocycles. The van der Waals surface area contributed by atoms with Crippen LogP contribution in [0.3, 0.4) is 0 Å². The zero-order valence-corrected chi connectivity index (χ0v) is 13.7. The average molecular weight is 314 g/mol. The van der Waals surface area contributed by atoms with E-state index in [1.54, 1.807) is 6.07 Å². The maximum Gasteiger partial charge on any atom is 0.273 e. The van der Waals surface area contributed by atoms with Crippen molar-refractivity contribution in [1.82, 2.24) is 10.0 Å². The molecule has 1 heterocycles. The normalized spacial score (nSPS) is 17.5. The molecule has 0 bridgehead atoms. The standard InChI is InChI=1S/C15H26N2O3S/c1-12(2)16-11-14-8-9-15(20-14)21(18,19)17-10-13-6-4-3-5-7-13/h8-9,12-13,16-17H,3-7,10-11H2,1-2H3. The Morgan fingerprint density at radius 3 is 2.62 bits per heavy atom. The number of hydrogen-bond donors (Lipinski definition) is 2. The molecular weight excluding hydrogens is 288 g/mol. The highest BCUT2D eigenvalue weighted by Gasteiger charge is 2.21. The average Bonchev–Trinajstić information content (AvgIpc) is 2.94. The van der Waals surface area contributed by atoms with Gasteiger partial charge in [-0.2, -0.15) is 0 Å². The molecule has 120 valence electrons. The molecule has 2 rings (SSSR count). The highest BCUT2D eigenvalue weighted by Crippen LogP contribution is 2.23. The van der Waals surface area contributed by atoms with Crippen molar-refractivity contribution in [3.05, 3.63) is 17.9 Å². The molecule has 1 fully saturated rings. The summed E-state index contributed by atoms with van der Waals surface area (Å²) in [4.78, 5) is 0. The van der Waals surface area contributed by atoms with Gasteiger partial charge < -0.3 is 9.73 Å². The van der Waals surface area contributed by atoms with Gasteiger partial charge in [0.05, 0.1) is 6.54 Å². The molecule has 0 atom stereocenters. The van der Waals surface area contributed by atoms with E-state index in [2.05, 4.69) is 10.0 Å². The van der Waals surface area contributed by atoms with Gasteiger partial charge in [-0.3, -0.25) is 0 Å². The number of rotatable bonds is 7. The van der Waals surface area contributed by atoms with E-state index in [1.165, 1.54) is 25.3 Å². The van der Waals surface area contributed by atoms with Crippen molar-refractivity contribution in [3.8, 4) is 0 Å². The molecule has 0 unspecified atom stereocenters. The third kappa shape index (κ3) is 5.13.